The quantitative estimate of drug-likeness (QED) is 0.578. The molecule has 0 spiro atoms. The summed E-state index contributed by atoms with van der Waals surface area (Å²) in [6.07, 6.45) is 3.11. The molecule has 0 atom stereocenters. The maximum absolute atomic E-state index is 4.91. The molecule has 0 saturated carbocycles. The van der Waals surface area contributed by atoms with Crippen LogP contribution < -0.4 is 4.74 Å². The van der Waals surface area contributed by atoms with Crippen LogP contribution in [-0.4, -0.2) is 4.98 Å². The Morgan fingerprint density at radius 1 is 1.60 bits per heavy atom. The molecule has 0 unspecified atom stereocenters. The Kier molecular flexibility index (Phi) is 2.05. The summed E-state index contributed by atoms with van der Waals surface area (Å²) >= 11 is 0. The highest BCUT2D eigenvalue weighted by Gasteiger charge is 1.88. The molecule has 0 aliphatic carbocycles. The van der Waals surface area contributed by atoms with E-state index in [2.05, 4.69) is 11.6 Å². The van der Waals surface area contributed by atoms with Gasteiger partial charge in [-0.25, -0.2) is 4.98 Å². The second kappa shape index (κ2) is 3.01. The van der Waals surface area contributed by atoms with Crippen LogP contribution in [0.25, 0.3) is 0 Å². The van der Waals surface area contributed by atoms with Crippen LogP contribution >= 0.6 is 0 Å². The van der Waals surface area contributed by atoms with E-state index < -0.39 is 0 Å². The minimum absolute atomic E-state index is 0.584. The van der Waals surface area contributed by atoms with Gasteiger partial charge in [-0.1, -0.05) is 12.6 Å². The molecule has 0 amide bonds. The number of aryl methyl sites for hydroxylation is 1. The molecule has 0 aliphatic rings. The first-order valence-electron chi connectivity index (χ1n) is 3.03. The van der Waals surface area contributed by atoms with Crippen molar-refractivity contribution in [3.63, 3.8) is 0 Å². The third kappa shape index (κ3) is 1.58. The standard InChI is InChI=1S/C8H9NO/c1-3-10-8-5-4-7(2)6-9-8/h3-6H,1H2,2H3. The van der Waals surface area contributed by atoms with Crippen LogP contribution in [0.5, 0.6) is 5.88 Å². The van der Waals surface area contributed by atoms with Gasteiger partial charge in [-0.2, -0.15) is 0 Å². The Balaban J connectivity index is 2.78. The van der Waals surface area contributed by atoms with Crippen molar-refractivity contribution in [2.45, 2.75) is 6.92 Å². The predicted molar refractivity (Wildman–Crippen MR) is 39.8 cm³/mol. The van der Waals surface area contributed by atoms with Crippen LogP contribution in [0.4, 0.5) is 0 Å². The number of aromatic nitrogens is 1. The third-order valence-corrected chi connectivity index (χ3v) is 1.09. The summed E-state index contributed by atoms with van der Waals surface area (Å²) in [5, 5.41) is 0. The molecule has 1 aromatic rings. The lowest BCUT2D eigenvalue weighted by atomic mass is 10.3. The molecule has 2 nitrogen and oxygen atoms in total. The van der Waals surface area contributed by atoms with E-state index >= 15 is 0 Å². The Bertz CT molecular complexity index is 215. The second-order valence-corrected chi connectivity index (χ2v) is 1.96. The summed E-state index contributed by atoms with van der Waals surface area (Å²) in [7, 11) is 0. The lowest BCUT2D eigenvalue weighted by Gasteiger charge is -1.96. The smallest absolute Gasteiger partial charge is 0.218 e. The number of pyridine rings is 1. The highest BCUT2D eigenvalue weighted by molar-refractivity contribution is 5.16. The summed E-state index contributed by atoms with van der Waals surface area (Å²) in [4.78, 5) is 3.97. The van der Waals surface area contributed by atoms with Crippen molar-refractivity contribution in [3.8, 4) is 5.88 Å². The van der Waals surface area contributed by atoms with Gasteiger partial charge in [0.25, 0.3) is 0 Å². The van der Waals surface area contributed by atoms with Crippen molar-refractivity contribution >= 4 is 0 Å². The van der Waals surface area contributed by atoms with Crippen LogP contribution in [-0.2, 0) is 0 Å². The summed E-state index contributed by atoms with van der Waals surface area (Å²) in [5.74, 6) is 0.584. The largest absolute Gasteiger partial charge is 0.447 e. The van der Waals surface area contributed by atoms with E-state index in [1.54, 1.807) is 12.3 Å². The van der Waals surface area contributed by atoms with Crippen molar-refractivity contribution in [1.29, 1.82) is 0 Å². The molecule has 10 heavy (non-hydrogen) atoms. The van der Waals surface area contributed by atoms with Gasteiger partial charge in [0.05, 0.1) is 6.26 Å². The minimum atomic E-state index is 0.584. The van der Waals surface area contributed by atoms with Gasteiger partial charge < -0.3 is 4.74 Å². The van der Waals surface area contributed by atoms with Gasteiger partial charge in [0.2, 0.25) is 5.88 Å². The van der Waals surface area contributed by atoms with Crippen LogP contribution in [0.2, 0.25) is 0 Å². The van der Waals surface area contributed by atoms with E-state index in [4.69, 9.17) is 4.74 Å². The topological polar surface area (TPSA) is 22.1 Å². The molecule has 2 heteroatoms. The third-order valence-electron chi connectivity index (χ3n) is 1.09. The summed E-state index contributed by atoms with van der Waals surface area (Å²) < 4.78 is 4.91. The van der Waals surface area contributed by atoms with E-state index in [9.17, 15) is 0 Å². The van der Waals surface area contributed by atoms with Crippen molar-refractivity contribution < 1.29 is 4.74 Å². The Morgan fingerprint density at radius 2 is 2.40 bits per heavy atom. The maximum atomic E-state index is 4.91. The Labute approximate surface area is 60.2 Å². The molecule has 1 rings (SSSR count). The van der Waals surface area contributed by atoms with Crippen molar-refractivity contribution in [2.24, 2.45) is 0 Å². The molecular weight excluding hydrogens is 126 g/mol. The highest BCUT2D eigenvalue weighted by Crippen LogP contribution is 2.05. The average Bonchev–Trinajstić information content (AvgIpc) is 1.95. The fourth-order valence-corrected chi connectivity index (χ4v) is 0.609. The minimum Gasteiger partial charge on any atom is -0.447 e. The predicted octanol–water partition coefficient (Wildman–Crippen LogP) is 1.91. The number of rotatable bonds is 2. The van der Waals surface area contributed by atoms with Crippen molar-refractivity contribution in [3.05, 3.63) is 36.7 Å². The second-order valence-electron chi connectivity index (χ2n) is 1.96. The summed E-state index contributed by atoms with van der Waals surface area (Å²) in [6, 6.07) is 3.74. The maximum Gasteiger partial charge on any atom is 0.218 e. The summed E-state index contributed by atoms with van der Waals surface area (Å²) in [6.45, 7) is 5.39. The van der Waals surface area contributed by atoms with E-state index in [-0.39, 0.29) is 0 Å². The van der Waals surface area contributed by atoms with Crippen LogP contribution in [0.3, 0.4) is 0 Å². The summed E-state index contributed by atoms with van der Waals surface area (Å²) in [5.41, 5.74) is 1.12. The molecule has 0 bridgehead atoms. The van der Waals surface area contributed by atoms with E-state index in [1.165, 1.54) is 6.26 Å². The zero-order valence-corrected chi connectivity index (χ0v) is 5.87. The monoisotopic (exact) mass is 135 g/mol. The van der Waals surface area contributed by atoms with Crippen LogP contribution in [0.1, 0.15) is 5.56 Å². The molecule has 0 saturated heterocycles. The van der Waals surface area contributed by atoms with Crippen molar-refractivity contribution in [2.75, 3.05) is 0 Å². The molecule has 0 fully saturated rings. The first-order chi connectivity index (χ1) is 4.83. The normalized spacial score (nSPS) is 8.90. The molecule has 52 valence electrons. The lowest BCUT2D eigenvalue weighted by molar-refractivity contribution is 0.463. The first-order valence-corrected chi connectivity index (χ1v) is 3.03. The van der Waals surface area contributed by atoms with Gasteiger partial charge in [0, 0.05) is 12.3 Å². The van der Waals surface area contributed by atoms with Gasteiger partial charge in [0.1, 0.15) is 0 Å². The van der Waals surface area contributed by atoms with E-state index in [0.29, 0.717) is 5.88 Å². The van der Waals surface area contributed by atoms with Gasteiger partial charge in [-0.05, 0) is 12.5 Å². The zero-order chi connectivity index (χ0) is 7.40. The first kappa shape index (κ1) is 6.81. The Morgan fingerprint density at radius 3 is 2.90 bits per heavy atom. The van der Waals surface area contributed by atoms with E-state index in [1.807, 2.05) is 13.0 Å². The van der Waals surface area contributed by atoms with Gasteiger partial charge >= 0.3 is 0 Å². The Hall–Kier alpha value is -1.31. The van der Waals surface area contributed by atoms with E-state index in [0.717, 1.165) is 5.56 Å². The lowest BCUT2D eigenvalue weighted by Crippen LogP contribution is -1.84. The number of ether oxygens (including phenoxy) is 1. The van der Waals surface area contributed by atoms with Crippen molar-refractivity contribution in [1.82, 2.24) is 4.98 Å². The molecule has 1 aromatic heterocycles. The fraction of sp³-hybridized carbons (Fsp3) is 0.125. The molecule has 1 heterocycles. The van der Waals surface area contributed by atoms with Crippen LogP contribution in [0, 0.1) is 6.92 Å². The molecule has 0 radical (unpaired) electrons. The zero-order valence-electron chi connectivity index (χ0n) is 5.87. The molecule has 0 aromatic carbocycles. The molecule has 0 N–H and O–H groups in total. The fourth-order valence-electron chi connectivity index (χ4n) is 0.609. The number of nitrogens with zero attached hydrogens (tertiary/aromatic N) is 1. The molecular formula is C8H9NO. The van der Waals surface area contributed by atoms with Gasteiger partial charge in [0.15, 0.2) is 0 Å². The van der Waals surface area contributed by atoms with Gasteiger partial charge in [-0.3, -0.25) is 0 Å². The number of hydrogen-bond acceptors (Lipinski definition) is 2. The van der Waals surface area contributed by atoms with Crippen LogP contribution in [0.15, 0.2) is 31.2 Å². The van der Waals surface area contributed by atoms with Gasteiger partial charge in [-0.15, -0.1) is 0 Å². The molecule has 0 aliphatic heterocycles. The highest BCUT2D eigenvalue weighted by atomic mass is 16.5. The SMILES string of the molecule is C=COc1ccc(C)cn1. The number of hydrogen-bond donors (Lipinski definition) is 0. The average molecular weight is 135 g/mol.